The fourth-order valence-corrected chi connectivity index (χ4v) is 1.87. The highest BCUT2D eigenvalue weighted by Crippen LogP contribution is 2.12. The van der Waals surface area contributed by atoms with Crippen molar-refractivity contribution >= 4 is 0 Å². The highest BCUT2D eigenvalue weighted by Gasteiger charge is 2.17. The van der Waals surface area contributed by atoms with Crippen molar-refractivity contribution < 1.29 is 9.15 Å². The van der Waals surface area contributed by atoms with Crippen molar-refractivity contribution in [3.05, 3.63) is 23.7 Å². The molecule has 0 amide bonds. The van der Waals surface area contributed by atoms with Gasteiger partial charge in [-0.05, 0) is 19.1 Å². The number of furan rings is 1. The third-order valence-corrected chi connectivity index (χ3v) is 2.62. The number of rotatable bonds is 3. The van der Waals surface area contributed by atoms with Gasteiger partial charge in [0.25, 0.3) is 0 Å². The number of hydrogen-bond donors (Lipinski definition) is 1. The summed E-state index contributed by atoms with van der Waals surface area (Å²) in [5.41, 5.74) is 5.49. The van der Waals surface area contributed by atoms with Crippen LogP contribution in [0.15, 0.2) is 16.5 Å². The number of hydrogen-bond acceptors (Lipinski definition) is 4. The Balaban J connectivity index is 1.90. The van der Waals surface area contributed by atoms with E-state index in [-0.39, 0.29) is 0 Å². The molecule has 0 spiro atoms. The average Bonchev–Trinajstić information content (AvgIpc) is 2.65. The van der Waals surface area contributed by atoms with Crippen molar-refractivity contribution in [2.45, 2.75) is 26.1 Å². The van der Waals surface area contributed by atoms with Crippen LogP contribution in [0.1, 0.15) is 18.4 Å². The minimum atomic E-state index is 0.322. The average molecular weight is 210 g/mol. The van der Waals surface area contributed by atoms with Crippen LogP contribution in [0.4, 0.5) is 0 Å². The summed E-state index contributed by atoms with van der Waals surface area (Å²) in [4.78, 5) is 2.34. The monoisotopic (exact) mass is 210 g/mol. The minimum Gasteiger partial charge on any atom is -0.463 e. The van der Waals surface area contributed by atoms with E-state index >= 15 is 0 Å². The zero-order valence-corrected chi connectivity index (χ0v) is 9.11. The third kappa shape index (κ3) is 2.81. The zero-order chi connectivity index (χ0) is 10.7. The maximum Gasteiger partial charge on any atom is 0.118 e. The predicted molar refractivity (Wildman–Crippen MR) is 57.3 cm³/mol. The maximum absolute atomic E-state index is 5.56. The van der Waals surface area contributed by atoms with E-state index in [2.05, 4.69) is 11.8 Å². The van der Waals surface area contributed by atoms with Gasteiger partial charge in [0, 0.05) is 13.1 Å². The molecule has 0 radical (unpaired) electrons. The Labute approximate surface area is 90.0 Å². The molecule has 0 aromatic carbocycles. The highest BCUT2D eigenvalue weighted by atomic mass is 16.5. The Bertz CT molecular complexity index is 311. The predicted octanol–water partition coefficient (Wildman–Crippen LogP) is 0.959. The largest absolute Gasteiger partial charge is 0.463 e. The molecule has 0 saturated carbocycles. The molecule has 1 aromatic rings. The van der Waals surface area contributed by atoms with Crippen LogP contribution in [0.3, 0.4) is 0 Å². The van der Waals surface area contributed by atoms with Gasteiger partial charge in [-0.3, -0.25) is 4.90 Å². The van der Waals surface area contributed by atoms with Crippen LogP contribution in [0, 0.1) is 0 Å². The van der Waals surface area contributed by atoms with Crippen molar-refractivity contribution in [1.82, 2.24) is 4.90 Å². The van der Waals surface area contributed by atoms with Crippen molar-refractivity contribution in [1.29, 1.82) is 0 Å². The summed E-state index contributed by atoms with van der Waals surface area (Å²) in [5.74, 6) is 1.84. The first-order valence-electron chi connectivity index (χ1n) is 5.39. The van der Waals surface area contributed by atoms with Crippen molar-refractivity contribution in [2.75, 3.05) is 19.7 Å². The Morgan fingerprint density at radius 3 is 2.93 bits per heavy atom. The Morgan fingerprint density at radius 1 is 1.47 bits per heavy atom. The lowest BCUT2D eigenvalue weighted by Gasteiger charge is -2.30. The molecule has 2 heterocycles. The summed E-state index contributed by atoms with van der Waals surface area (Å²) in [7, 11) is 0. The van der Waals surface area contributed by atoms with E-state index in [0.717, 1.165) is 37.8 Å². The Morgan fingerprint density at radius 2 is 2.27 bits per heavy atom. The maximum atomic E-state index is 5.56. The van der Waals surface area contributed by atoms with Gasteiger partial charge in [0.15, 0.2) is 0 Å². The summed E-state index contributed by atoms with van der Waals surface area (Å²) in [6, 6.07) is 3.95. The minimum absolute atomic E-state index is 0.322. The lowest BCUT2D eigenvalue weighted by atomic mass is 10.3. The second kappa shape index (κ2) is 4.79. The lowest BCUT2D eigenvalue weighted by molar-refractivity contribution is -0.0231. The molecular formula is C11H18N2O2. The summed E-state index contributed by atoms with van der Waals surface area (Å²) < 4.78 is 11.0. The van der Waals surface area contributed by atoms with Gasteiger partial charge in [-0.2, -0.15) is 0 Å². The first-order valence-corrected chi connectivity index (χ1v) is 5.39. The Hall–Kier alpha value is -0.840. The molecule has 0 bridgehead atoms. The number of nitrogens with two attached hydrogens (primary N) is 1. The molecule has 15 heavy (non-hydrogen) atoms. The normalized spacial score (nSPS) is 23.2. The topological polar surface area (TPSA) is 51.6 Å². The molecule has 1 saturated heterocycles. The quantitative estimate of drug-likeness (QED) is 0.807. The van der Waals surface area contributed by atoms with E-state index in [9.17, 15) is 0 Å². The molecular weight excluding hydrogens is 192 g/mol. The van der Waals surface area contributed by atoms with E-state index in [4.69, 9.17) is 14.9 Å². The number of morpholine rings is 1. The van der Waals surface area contributed by atoms with Gasteiger partial charge >= 0.3 is 0 Å². The molecule has 4 nitrogen and oxygen atoms in total. The van der Waals surface area contributed by atoms with E-state index in [1.165, 1.54) is 0 Å². The molecule has 0 aliphatic carbocycles. The van der Waals surface area contributed by atoms with Gasteiger partial charge in [-0.15, -0.1) is 0 Å². The second-order valence-corrected chi connectivity index (χ2v) is 3.99. The molecule has 1 atom stereocenters. The molecule has 1 aromatic heterocycles. The summed E-state index contributed by atoms with van der Waals surface area (Å²) >= 11 is 0. The first-order chi connectivity index (χ1) is 7.28. The summed E-state index contributed by atoms with van der Waals surface area (Å²) in [6.45, 7) is 6.18. The van der Waals surface area contributed by atoms with Crippen LogP contribution in [-0.2, 0) is 17.8 Å². The van der Waals surface area contributed by atoms with Gasteiger partial charge in [-0.25, -0.2) is 0 Å². The molecule has 4 heteroatoms. The zero-order valence-electron chi connectivity index (χ0n) is 9.11. The van der Waals surface area contributed by atoms with Crippen LogP contribution >= 0.6 is 0 Å². The van der Waals surface area contributed by atoms with Gasteiger partial charge in [0.2, 0.25) is 0 Å². The van der Waals surface area contributed by atoms with E-state index < -0.39 is 0 Å². The van der Waals surface area contributed by atoms with Crippen LogP contribution < -0.4 is 5.73 Å². The fourth-order valence-electron chi connectivity index (χ4n) is 1.87. The molecule has 1 unspecified atom stereocenters. The van der Waals surface area contributed by atoms with Gasteiger partial charge in [0.1, 0.15) is 11.5 Å². The van der Waals surface area contributed by atoms with Crippen LogP contribution in [-0.4, -0.2) is 30.7 Å². The molecule has 2 rings (SSSR count). The number of nitrogens with zero attached hydrogens (tertiary/aromatic N) is 1. The molecule has 1 fully saturated rings. The summed E-state index contributed by atoms with van der Waals surface area (Å²) in [5, 5.41) is 0. The van der Waals surface area contributed by atoms with Crippen molar-refractivity contribution in [3.63, 3.8) is 0 Å². The van der Waals surface area contributed by atoms with Crippen molar-refractivity contribution in [3.8, 4) is 0 Å². The van der Waals surface area contributed by atoms with E-state index in [0.29, 0.717) is 12.6 Å². The second-order valence-electron chi connectivity index (χ2n) is 3.99. The van der Waals surface area contributed by atoms with E-state index in [1.807, 2.05) is 12.1 Å². The molecule has 84 valence electrons. The van der Waals surface area contributed by atoms with Crippen LogP contribution in [0.5, 0.6) is 0 Å². The summed E-state index contributed by atoms with van der Waals surface area (Å²) in [6.07, 6.45) is 0.322. The van der Waals surface area contributed by atoms with E-state index in [1.54, 1.807) is 0 Å². The Kier molecular flexibility index (Phi) is 3.41. The van der Waals surface area contributed by atoms with Gasteiger partial charge in [0.05, 0.1) is 25.8 Å². The first kappa shape index (κ1) is 10.7. The lowest BCUT2D eigenvalue weighted by Crippen LogP contribution is -2.40. The van der Waals surface area contributed by atoms with Gasteiger partial charge in [-0.1, -0.05) is 0 Å². The van der Waals surface area contributed by atoms with Crippen LogP contribution in [0.2, 0.25) is 0 Å². The third-order valence-electron chi connectivity index (χ3n) is 2.62. The molecule has 1 aliphatic rings. The standard InChI is InChI=1S/C11H18N2O2/c1-9-7-13(4-5-14-9)8-11-3-2-10(6-12)15-11/h2-3,9H,4-8,12H2,1H3. The SMILES string of the molecule is CC1CN(Cc2ccc(CN)o2)CCO1. The molecule has 1 aliphatic heterocycles. The fraction of sp³-hybridized carbons (Fsp3) is 0.636. The van der Waals surface area contributed by atoms with Gasteiger partial charge < -0.3 is 14.9 Å². The van der Waals surface area contributed by atoms with Crippen molar-refractivity contribution in [2.24, 2.45) is 5.73 Å². The van der Waals surface area contributed by atoms with Crippen LogP contribution in [0.25, 0.3) is 0 Å². The highest BCUT2D eigenvalue weighted by molar-refractivity contribution is 5.06. The smallest absolute Gasteiger partial charge is 0.118 e. The number of ether oxygens (including phenoxy) is 1. The molecule has 2 N–H and O–H groups in total.